The molecule has 0 spiro atoms. The van der Waals surface area contributed by atoms with E-state index in [1.54, 1.807) is 0 Å². The van der Waals surface area contributed by atoms with Crippen LogP contribution >= 0.6 is 0 Å². The summed E-state index contributed by atoms with van der Waals surface area (Å²) in [6.45, 7) is 10.4. The fourth-order valence-corrected chi connectivity index (χ4v) is 5.41. The van der Waals surface area contributed by atoms with E-state index in [1.165, 1.54) is 64.5 Å². The molecular formula is C36H60I2N4O2. The van der Waals surface area contributed by atoms with E-state index in [-0.39, 0.29) is 59.8 Å². The van der Waals surface area contributed by atoms with Gasteiger partial charge < -0.3 is 67.6 Å². The molecule has 2 aromatic carbocycles. The van der Waals surface area contributed by atoms with Crippen LogP contribution in [0.25, 0.3) is 11.1 Å². The second kappa shape index (κ2) is 23.1. The first kappa shape index (κ1) is 42.8. The number of amides is 2. The second-order valence-electron chi connectivity index (χ2n) is 13.3. The van der Waals surface area contributed by atoms with Gasteiger partial charge in [0.25, 0.3) is 11.8 Å². The Kier molecular flexibility index (Phi) is 22.5. The highest BCUT2D eigenvalue weighted by Gasteiger charge is 2.16. The van der Waals surface area contributed by atoms with Gasteiger partial charge in [0.1, 0.15) is 0 Å². The molecule has 0 fully saturated rings. The zero-order chi connectivity index (χ0) is 30.8. The first-order chi connectivity index (χ1) is 20.1. The zero-order valence-corrected chi connectivity index (χ0v) is 32.7. The predicted molar refractivity (Wildman–Crippen MR) is 178 cm³/mol. The van der Waals surface area contributed by atoms with Gasteiger partial charge in [-0.25, -0.2) is 0 Å². The molecule has 0 saturated heterocycles. The quantitative estimate of drug-likeness (QED) is 0.112. The van der Waals surface area contributed by atoms with Gasteiger partial charge in [-0.05, 0) is 61.1 Å². The number of carbonyl (C=O) groups is 2. The minimum absolute atomic E-state index is 0. The van der Waals surface area contributed by atoms with Gasteiger partial charge in [0.15, 0.2) is 0 Å². The Hall–Kier alpha value is -1.24. The highest BCUT2D eigenvalue weighted by atomic mass is 127. The van der Waals surface area contributed by atoms with Crippen LogP contribution in [0.1, 0.15) is 98.8 Å². The molecule has 2 N–H and O–H groups in total. The summed E-state index contributed by atoms with van der Waals surface area (Å²) in [7, 11) is 9.12. The number of nitrogens with zero attached hydrogens (tertiary/aromatic N) is 2. The molecule has 44 heavy (non-hydrogen) atoms. The Balaban J connectivity index is 0.00000924. The van der Waals surface area contributed by atoms with Crippen LogP contribution in [0.4, 0.5) is 0 Å². The highest BCUT2D eigenvalue weighted by molar-refractivity contribution is 5.95. The number of quaternary nitrogens is 2. The molecule has 0 aliphatic heterocycles. The van der Waals surface area contributed by atoms with Crippen molar-refractivity contribution in [3.63, 3.8) is 0 Å². The first-order valence-corrected chi connectivity index (χ1v) is 16.5. The van der Waals surface area contributed by atoms with E-state index in [4.69, 9.17) is 0 Å². The van der Waals surface area contributed by atoms with E-state index in [1.807, 2.05) is 48.5 Å². The van der Waals surface area contributed by atoms with Gasteiger partial charge in [0.2, 0.25) is 0 Å². The molecule has 0 saturated carbocycles. The molecule has 2 rings (SSSR count). The summed E-state index contributed by atoms with van der Waals surface area (Å²) >= 11 is 0. The Labute approximate surface area is 303 Å². The molecule has 0 bridgehead atoms. The third-order valence-electron chi connectivity index (χ3n) is 8.31. The van der Waals surface area contributed by atoms with E-state index in [0.717, 1.165) is 46.0 Å². The van der Waals surface area contributed by atoms with Crippen molar-refractivity contribution >= 4 is 11.8 Å². The van der Waals surface area contributed by atoms with E-state index in [2.05, 4.69) is 52.7 Å². The minimum Gasteiger partial charge on any atom is -1.00 e. The van der Waals surface area contributed by atoms with Gasteiger partial charge in [-0.15, -0.1) is 0 Å². The van der Waals surface area contributed by atoms with E-state index >= 15 is 0 Å². The molecule has 0 radical (unpaired) electrons. The highest BCUT2D eigenvalue weighted by Crippen LogP contribution is 2.20. The summed E-state index contributed by atoms with van der Waals surface area (Å²) in [5, 5.41) is 6.15. The lowest BCUT2D eigenvalue weighted by Gasteiger charge is -2.30. The summed E-state index contributed by atoms with van der Waals surface area (Å²) < 4.78 is 2.01. The topological polar surface area (TPSA) is 58.2 Å². The number of benzene rings is 2. The normalized spacial score (nSPS) is 11.3. The SMILES string of the molecule is CCCCCC[N+](C)(C)CCCNC(=O)c1ccc(-c2ccc(C(=O)NCCC[N+](C)(C)CCCCCC)cc2)cc1.[I-].[I-]. The lowest BCUT2D eigenvalue weighted by Crippen LogP contribution is -3.00. The summed E-state index contributed by atoms with van der Waals surface area (Å²) in [6.07, 6.45) is 12.3. The molecule has 0 aromatic heterocycles. The van der Waals surface area contributed by atoms with Crippen LogP contribution in [0, 0.1) is 0 Å². The van der Waals surface area contributed by atoms with Gasteiger partial charge in [-0.1, -0.05) is 63.8 Å². The maximum absolute atomic E-state index is 12.7. The molecule has 0 atom stereocenters. The maximum atomic E-state index is 12.7. The van der Waals surface area contributed by atoms with Crippen molar-refractivity contribution in [3.05, 3.63) is 59.7 Å². The minimum atomic E-state index is -0.0273. The summed E-state index contributed by atoms with van der Waals surface area (Å²) in [5.74, 6) is -0.0546. The van der Waals surface area contributed by atoms with Crippen LogP contribution in [-0.4, -0.2) is 88.2 Å². The molecule has 0 heterocycles. The molecule has 2 amide bonds. The average Bonchev–Trinajstić information content (AvgIpc) is 2.98. The number of halogens is 2. The van der Waals surface area contributed by atoms with Crippen molar-refractivity contribution in [2.45, 2.75) is 78.1 Å². The molecule has 0 aliphatic carbocycles. The Morgan fingerprint density at radius 2 is 0.818 bits per heavy atom. The fraction of sp³-hybridized carbons (Fsp3) is 0.611. The van der Waals surface area contributed by atoms with E-state index in [9.17, 15) is 9.59 Å². The van der Waals surface area contributed by atoms with Crippen molar-refractivity contribution in [3.8, 4) is 11.1 Å². The molecule has 6 nitrogen and oxygen atoms in total. The van der Waals surface area contributed by atoms with Gasteiger partial charge in [0, 0.05) is 37.1 Å². The van der Waals surface area contributed by atoms with Crippen molar-refractivity contribution in [1.82, 2.24) is 10.6 Å². The van der Waals surface area contributed by atoms with Crippen molar-refractivity contribution in [2.75, 3.05) is 67.5 Å². The van der Waals surface area contributed by atoms with Gasteiger partial charge in [-0.2, -0.15) is 0 Å². The lowest BCUT2D eigenvalue weighted by atomic mass is 10.0. The van der Waals surface area contributed by atoms with Gasteiger partial charge in [-0.3, -0.25) is 9.59 Å². The Morgan fingerprint density at radius 3 is 1.14 bits per heavy atom. The van der Waals surface area contributed by atoms with E-state index < -0.39 is 0 Å². The van der Waals surface area contributed by atoms with Crippen molar-refractivity contribution < 1.29 is 66.5 Å². The van der Waals surface area contributed by atoms with E-state index in [0.29, 0.717) is 24.2 Å². The van der Waals surface area contributed by atoms with Crippen molar-refractivity contribution in [2.24, 2.45) is 0 Å². The number of carbonyl (C=O) groups excluding carboxylic acids is 2. The number of unbranched alkanes of at least 4 members (excludes halogenated alkanes) is 6. The monoisotopic (exact) mass is 834 g/mol. The average molecular weight is 835 g/mol. The summed E-state index contributed by atoms with van der Waals surface area (Å²) in [5.41, 5.74) is 3.40. The number of hydrogen-bond donors (Lipinski definition) is 2. The molecule has 8 heteroatoms. The maximum Gasteiger partial charge on any atom is 0.251 e. The zero-order valence-electron chi connectivity index (χ0n) is 28.4. The van der Waals surface area contributed by atoms with Crippen LogP contribution in [0.5, 0.6) is 0 Å². The molecular weight excluding hydrogens is 774 g/mol. The Morgan fingerprint density at radius 1 is 0.500 bits per heavy atom. The molecule has 0 aliphatic rings. The van der Waals surface area contributed by atoms with Crippen LogP contribution in [0.15, 0.2) is 48.5 Å². The number of rotatable bonds is 21. The standard InChI is InChI=1S/C36H58N4O2.2HI/c1-7-9-11-13-27-39(3,4)29-15-25-37-35(41)33-21-17-31(18-22-33)32-19-23-34(24-20-32)36(42)38-26-16-30-40(5,6)28-14-12-10-8-2;;/h17-24H,7-16,25-30H2,1-6H3;2*1H. The number of nitrogens with one attached hydrogen (secondary N) is 2. The van der Waals surface area contributed by atoms with Crippen LogP contribution in [-0.2, 0) is 0 Å². The van der Waals surface area contributed by atoms with Gasteiger partial charge >= 0.3 is 0 Å². The molecule has 2 aromatic rings. The largest absolute Gasteiger partial charge is 1.00 e. The third-order valence-corrected chi connectivity index (χ3v) is 8.31. The van der Waals surface area contributed by atoms with Crippen molar-refractivity contribution in [1.29, 1.82) is 0 Å². The Bertz CT molecular complexity index is 971. The second-order valence-corrected chi connectivity index (χ2v) is 13.3. The lowest BCUT2D eigenvalue weighted by molar-refractivity contribution is -0.890. The van der Waals surface area contributed by atoms with Crippen LogP contribution in [0.2, 0.25) is 0 Å². The predicted octanol–water partition coefficient (Wildman–Crippen LogP) is 0.915. The van der Waals surface area contributed by atoms with Crippen LogP contribution in [0.3, 0.4) is 0 Å². The molecule has 250 valence electrons. The summed E-state index contributed by atoms with van der Waals surface area (Å²) in [6, 6.07) is 15.4. The first-order valence-electron chi connectivity index (χ1n) is 16.5. The third kappa shape index (κ3) is 17.5. The fourth-order valence-electron chi connectivity index (χ4n) is 5.41. The molecule has 0 unspecified atom stereocenters. The smallest absolute Gasteiger partial charge is 0.251 e. The number of hydrogen-bond acceptors (Lipinski definition) is 2. The summed E-state index contributed by atoms with van der Waals surface area (Å²) in [4.78, 5) is 25.3. The van der Waals surface area contributed by atoms with Gasteiger partial charge in [0.05, 0.1) is 54.4 Å². The van der Waals surface area contributed by atoms with Crippen LogP contribution < -0.4 is 58.6 Å².